The number of fused-ring (bicyclic) bond motifs is 3. The normalized spacial score (nSPS) is 11.5. The minimum Gasteiger partial charge on any atom is -0.216 e. The summed E-state index contributed by atoms with van der Waals surface area (Å²) in [5.41, 5.74) is 4.42. The van der Waals surface area contributed by atoms with Gasteiger partial charge < -0.3 is 0 Å². The van der Waals surface area contributed by atoms with Crippen LogP contribution in [0.5, 0.6) is 0 Å². The van der Waals surface area contributed by atoms with E-state index in [1.165, 1.54) is 5.56 Å². The lowest BCUT2D eigenvalue weighted by Gasteiger charge is -2.02. The maximum Gasteiger partial charge on any atom is 0.182 e. The summed E-state index contributed by atoms with van der Waals surface area (Å²) in [5.74, 6) is 0.665. The van der Waals surface area contributed by atoms with E-state index in [-0.39, 0.29) is 0 Å². The van der Waals surface area contributed by atoms with Crippen molar-refractivity contribution in [1.29, 1.82) is 0 Å². The molecule has 3 heterocycles. The van der Waals surface area contributed by atoms with Gasteiger partial charge in [-0.1, -0.05) is 41.4 Å². The quantitative estimate of drug-likeness (QED) is 0.475. The summed E-state index contributed by atoms with van der Waals surface area (Å²) >= 11 is 6.10. The lowest BCUT2D eigenvalue weighted by molar-refractivity contribution is 0.882. The number of aryl methyl sites for hydroxylation is 1. The highest BCUT2D eigenvalue weighted by molar-refractivity contribution is 6.30. The summed E-state index contributed by atoms with van der Waals surface area (Å²) in [6.45, 7) is 2.05. The van der Waals surface area contributed by atoms with E-state index in [1.807, 2.05) is 49.4 Å². The van der Waals surface area contributed by atoms with Gasteiger partial charge in [-0.2, -0.15) is 5.10 Å². The van der Waals surface area contributed by atoms with Crippen molar-refractivity contribution < 1.29 is 0 Å². The van der Waals surface area contributed by atoms with E-state index in [0.29, 0.717) is 16.5 Å². The van der Waals surface area contributed by atoms with Gasteiger partial charge in [0, 0.05) is 10.6 Å². The molecular formula is C19H13ClN6. The van der Waals surface area contributed by atoms with Crippen LogP contribution in [0.25, 0.3) is 33.8 Å². The Bertz CT molecular complexity index is 1270. The van der Waals surface area contributed by atoms with Crippen LogP contribution in [0.3, 0.4) is 0 Å². The lowest BCUT2D eigenvalue weighted by atomic mass is 10.1. The predicted octanol–water partition coefficient (Wildman–Crippen LogP) is 4.09. The highest BCUT2D eigenvalue weighted by Crippen LogP contribution is 2.24. The Kier molecular flexibility index (Phi) is 3.26. The largest absolute Gasteiger partial charge is 0.216 e. The summed E-state index contributed by atoms with van der Waals surface area (Å²) in [6.07, 6.45) is 3.42. The molecule has 0 N–H and O–H groups in total. The molecule has 0 bridgehead atoms. The number of halogens is 1. The number of benzene rings is 2. The highest BCUT2D eigenvalue weighted by Gasteiger charge is 2.14. The smallest absolute Gasteiger partial charge is 0.182 e. The standard InChI is InChI=1S/C19H13ClN6/c1-12-4-2-5-13(8-12)17-23-19-16-10-22-26(15-7-3-6-14(20)9-15)18(16)21-11-25(19)24-17/h2-11H,1H3. The molecule has 26 heavy (non-hydrogen) atoms. The van der Waals surface area contributed by atoms with Crippen LogP contribution in [0.15, 0.2) is 61.1 Å². The van der Waals surface area contributed by atoms with Gasteiger partial charge in [-0.05, 0) is 31.2 Å². The Morgan fingerprint density at radius 3 is 2.73 bits per heavy atom. The second kappa shape index (κ2) is 5.64. The fourth-order valence-electron chi connectivity index (χ4n) is 3.02. The highest BCUT2D eigenvalue weighted by atomic mass is 35.5. The summed E-state index contributed by atoms with van der Waals surface area (Å²) in [5, 5.41) is 10.5. The van der Waals surface area contributed by atoms with Crippen LogP contribution in [0.4, 0.5) is 0 Å². The van der Waals surface area contributed by atoms with Gasteiger partial charge in [0.1, 0.15) is 6.33 Å². The molecule has 0 aliphatic rings. The zero-order chi connectivity index (χ0) is 17.7. The Labute approximate surface area is 153 Å². The van der Waals surface area contributed by atoms with Gasteiger partial charge in [0.15, 0.2) is 17.1 Å². The monoisotopic (exact) mass is 360 g/mol. The third-order valence-electron chi connectivity index (χ3n) is 4.23. The lowest BCUT2D eigenvalue weighted by Crippen LogP contribution is -1.98. The fourth-order valence-corrected chi connectivity index (χ4v) is 3.21. The Hall–Kier alpha value is -3.25. The van der Waals surface area contributed by atoms with Crippen molar-refractivity contribution in [3.8, 4) is 17.1 Å². The number of aromatic nitrogens is 6. The molecular weight excluding hydrogens is 348 g/mol. The third-order valence-corrected chi connectivity index (χ3v) is 4.47. The zero-order valence-electron chi connectivity index (χ0n) is 13.8. The van der Waals surface area contributed by atoms with E-state index in [0.717, 1.165) is 22.3 Å². The van der Waals surface area contributed by atoms with Gasteiger partial charge in [-0.3, -0.25) is 0 Å². The number of rotatable bonds is 2. The van der Waals surface area contributed by atoms with E-state index < -0.39 is 0 Å². The van der Waals surface area contributed by atoms with E-state index in [4.69, 9.17) is 16.6 Å². The van der Waals surface area contributed by atoms with Crippen LogP contribution in [-0.4, -0.2) is 29.4 Å². The van der Waals surface area contributed by atoms with Crippen LogP contribution >= 0.6 is 11.6 Å². The van der Waals surface area contributed by atoms with Gasteiger partial charge in [-0.15, -0.1) is 5.10 Å². The van der Waals surface area contributed by atoms with Crippen LogP contribution in [0.2, 0.25) is 5.02 Å². The topological polar surface area (TPSA) is 60.9 Å². The average Bonchev–Trinajstić information content (AvgIpc) is 3.25. The van der Waals surface area contributed by atoms with Crippen LogP contribution in [0, 0.1) is 6.92 Å². The Morgan fingerprint density at radius 1 is 1.00 bits per heavy atom. The fraction of sp³-hybridized carbons (Fsp3) is 0.0526. The van der Waals surface area contributed by atoms with Gasteiger partial charge in [0.2, 0.25) is 0 Å². The van der Waals surface area contributed by atoms with Crippen LogP contribution < -0.4 is 0 Å². The maximum atomic E-state index is 6.10. The van der Waals surface area contributed by atoms with Crippen molar-refractivity contribution in [1.82, 2.24) is 29.4 Å². The molecule has 0 radical (unpaired) electrons. The van der Waals surface area contributed by atoms with Gasteiger partial charge in [-0.25, -0.2) is 19.2 Å². The average molecular weight is 361 g/mol. The molecule has 3 aromatic heterocycles. The number of hydrogen-bond acceptors (Lipinski definition) is 4. The Morgan fingerprint density at radius 2 is 1.88 bits per heavy atom. The molecule has 2 aromatic carbocycles. The minimum absolute atomic E-state index is 0.649. The molecule has 7 heteroatoms. The second-order valence-electron chi connectivity index (χ2n) is 6.09. The molecule has 5 aromatic rings. The molecule has 0 saturated heterocycles. The molecule has 0 amide bonds. The van der Waals surface area contributed by atoms with E-state index in [9.17, 15) is 0 Å². The third kappa shape index (κ3) is 2.34. The van der Waals surface area contributed by atoms with Crippen molar-refractivity contribution in [3.05, 3.63) is 71.6 Å². The van der Waals surface area contributed by atoms with E-state index in [2.05, 4.69) is 21.2 Å². The molecule has 0 aliphatic heterocycles. The summed E-state index contributed by atoms with van der Waals surface area (Å²) in [6, 6.07) is 15.6. The first kappa shape index (κ1) is 15.0. The molecule has 6 nitrogen and oxygen atoms in total. The molecule has 0 aliphatic carbocycles. The van der Waals surface area contributed by atoms with Crippen molar-refractivity contribution in [2.45, 2.75) is 6.92 Å². The molecule has 0 saturated carbocycles. The first-order valence-electron chi connectivity index (χ1n) is 8.11. The molecule has 0 fully saturated rings. The summed E-state index contributed by atoms with van der Waals surface area (Å²) in [7, 11) is 0. The molecule has 0 spiro atoms. The van der Waals surface area contributed by atoms with E-state index in [1.54, 1.807) is 21.7 Å². The first-order chi connectivity index (χ1) is 12.7. The molecule has 0 atom stereocenters. The minimum atomic E-state index is 0.649. The zero-order valence-corrected chi connectivity index (χ0v) is 14.6. The van der Waals surface area contributed by atoms with Crippen molar-refractivity contribution >= 4 is 28.3 Å². The number of nitrogens with zero attached hydrogens (tertiary/aromatic N) is 6. The SMILES string of the molecule is Cc1cccc(-c2nc3c4cnn(-c5cccc(Cl)c5)c4ncn3n2)c1. The molecule has 5 rings (SSSR count). The maximum absolute atomic E-state index is 6.10. The predicted molar refractivity (Wildman–Crippen MR) is 101 cm³/mol. The van der Waals surface area contributed by atoms with Crippen LogP contribution in [-0.2, 0) is 0 Å². The second-order valence-corrected chi connectivity index (χ2v) is 6.53. The molecule has 0 unspecified atom stereocenters. The Balaban J connectivity index is 1.71. The first-order valence-corrected chi connectivity index (χ1v) is 8.49. The van der Waals surface area contributed by atoms with Crippen molar-refractivity contribution in [3.63, 3.8) is 0 Å². The summed E-state index contributed by atoms with van der Waals surface area (Å²) < 4.78 is 3.44. The summed E-state index contributed by atoms with van der Waals surface area (Å²) in [4.78, 5) is 9.23. The van der Waals surface area contributed by atoms with Gasteiger partial charge >= 0.3 is 0 Å². The van der Waals surface area contributed by atoms with Gasteiger partial charge in [0.25, 0.3) is 0 Å². The van der Waals surface area contributed by atoms with Crippen molar-refractivity contribution in [2.24, 2.45) is 0 Å². The van der Waals surface area contributed by atoms with Crippen molar-refractivity contribution in [2.75, 3.05) is 0 Å². The molecule has 126 valence electrons. The van der Waals surface area contributed by atoms with E-state index >= 15 is 0 Å². The van der Waals surface area contributed by atoms with Crippen LogP contribution in [0.1, 0.15) is 5.56 Å². The van der Waals surface area contributed by atoms with Gasteiger partial charge in [0.05, 0.1) is 17.3 Å². The number of hydrogen-bond donors (Lipinski definition) is 0.